The molecule has 1 aromatic heterocycles. The Bertz CT molecular complexity index is 275. The van der Waals surface area contributed by atoms with Gasteiger partial charge in [-0.3, -0.25) is 11.3 Å². The average molecular weight is 228 g/mol. The van der Waals surface area contributed by atoms with E-state index in [0.29, 0.717) is 0 Å². The number of hydrazine groups is 1. The standard InChI is InChI=1S/C11H20N2OS/c1-3-4-5-6-10(13-12)11-7-9(14-2)8-15-11/h7-8,10,13H,3-6,12H2,1-2H3. The highest BCUT2D eigenvalue weighted by molar-refractivity contribution is 7.10. The molecule has 0 bridgehead atoms. The second kappa shape index (κ2) is 6.82. The van der Waals surface area contributed by atoms with Crippen molar-refractivity contribution in [2.75, 3.05) is 7.11 Å². The number of unbranched alkanes of at least 4 members (excludes halogenated alkanes) is 2. The summed E-state index contributed by atoms with van der Waals surface area (Å²) in [7, 11) is 1.69. The predicted molar refractivity (Wildman–Crippen MR) is 65.1 cm³/mol. The third-order valence-electron chi connectivity index (χ3n) is 2.47. The summed E-state index contributed by atoms with van der Waals surface area (Å²) in [6.45, 7) is 2.21. The largest absolute Gasteiger partial charge is 0.496 e. The van der Waals surface area contributed by atoms with Gasteiger partial charge in [0.15, 0.2) is 0 Å². The summed E-state index contributed by atoms with van der Waals surface area (Å²) in [6.07, 6.45) is 4.81. The van der Waals surface area contributed by atoms with E-state index in [-0.39, 0.29) is 6.04 Å². The molecular formula is C11H20N2OS. The topological polar surface area (TPSA) is 47.3 Å². The monoisotopic (exact) mass is 228 g/mol. The summed E-state index contributed by atoms with van der Waals surface area (Å²) in [4.78, 5) is 1.26. The van der Waals surface area contributed by atoms with Gasteiger partial charge in [-0.2, -0.15) is 0 Å². The predicted octanol–water partition coefficient (Wildman–Crippen LogP) is 2.84. The quantitative estimate of drug-likeness (QED) is 0.428. The highest BCUT2D eigenvalue weighted by atomic mass is 32.1. The van der Waals surface area contributed by atoms with Crippen molar-refractivity contribution in [2.24, 2.45) is 5.84 Å². The van der Waals surface area contributed by atoms with Crippen molar-refractivity contribution in [3.63, 3.8) is 0 Å². The average Bonchev–Trinajstić information content (AvgIpc) is 2.73. The van der Waals surface area contributed by atoms with Crippen molar-refractivity contribution >= 4 is 11.3 Å². The molecule has 0 aliphatic heterocycles. The lowest BCUT2D eigenvalue weighted by Crippen LogP contribution is -2.27. The molecule has 3 N–H and O–H groups in total. The van der Waals surface area contributed by atoms with Crippen molar-refractivity contribution in [1.82, 2.24) is 5.43 Å². The third kappa shape index (κ3) is 3.81. The molecule has 15 heavy (non-hydrogen) atoms. The van der Waals surface area contributed by atoms with Gasteiger partial charge in [-0.1, -0.05) is 26.2 Å². The summed E-state index contributed by atoms with van der Waals surface area (Å²) in [5, 5.41) is 2.01. The number of ether oxygens (including phenoxy) is 1. The fourth-order valence-electron chi connectivity index (χ4n) is 1.53. The fraction of sp³-hybridized carbons (Fsp3) is 0.636. The zero-order valence-corrected chi connectivity index (χ0v) is 10.3. The van der Waals surface area contributed by atoms with Crippen LogP contribution in [0.25, 0.3) is 0 Å². The van der Waals surface area contributed by atoms with Crippen LogP contribution in [0.4, 0.5) is 0 Å². The number of hydrogen-bond acceptors (Lipinski definition) is 4. The molecule has 0 amide bonds. The first-order valence-electron chi connectivity index (χ1n) is 5.40. The van der Waals surface area contributed by atoms with Crippen molar-refractivity contribution in [1.29, 1.82) is 0 Å². The van der Waals surface area contributed by atoms with Crippen LogP contribution in [-0.2, 0) is 0 Å². The number of nitrogens with two attached hydrogens (primary N) is 1. The summed E-state index contributed by atoms with van der Waals surface area (Å²) in [5.74, 6) is 6.48. The molecule has 1 atom stereocenters. The Kier molecular flexibility index (Phi) is 5.68. The van der Waals surface area contributed by atoms with Gasteiger partial charge in [-0.25, -0.2) is 0 Å². The first-order valence-corrected chi connectivity index (χ1v) is 6.28. The first kappa shape index (κ1) is 12.5. The number of hydrogen-bond donors (Lipinski definition) is 2. The number of thiophene rings is 1. The second-order valence-corrected chi connectivity index (χ2v) is 4.55. The minimum absolute atomic E-state index is 0.269. The van der Waals surface area contributed by atoms with E-state index in [1.54, 1.807) is 18.4 Å². The Morgan fingerprint density at radius 1 is 1.53 bits per heavy atom. The molecule has 0 saturated heterocycles. The molecular weight excluding hydrogens is 208 g/mol. The van der Waals surface area contributed by atoms with E-state index >= 15 is 0 Å². The Morgan fingerprint density at radius 2 is 2.33 bits per heavy atom. The summed E-state index contributed by atoms with van der Waals surface area (Å²) in [5.41, 5.74) is 2.87. The smallest absolute Gasteiger partial charge is 0.129 e. The maximum Gasteiger partial charge on any atom is 0.129 e. The van der Waals surface area contributed by atoms with Gasteiger partial charge in [0, 0.05) is 10.3 Å². The van der Waals surface area contributed by atoms with Gasteiger partial charge in [-0.05, 0) is 12.5 Å². The molecule has 86 valence electrons. The molecule has 0 saturated carbocycles. The highest BCUT2D eigenvalue weighted by Gasteiger charge is 2.11. The van der Waals surface area contributed by atoms with Crippen molar-refractivity contribution in [3.8, 4) is 5.75 Å². The molecule has 1 rings (SSSR count). The number of rotatable bonds is 7. The van der Waals surface area contributed by atoms with Gasteiger partial charge in [0.25, 0.3) is 0 Å². The molecule has 0 aliphatic carbocycles. The van der Waals surface area contributed by atoms with E-state index in [0.717, 1.165) is 12.2 Å². The molecule has 1 aromatic rings. The molecule has 0 aromatic carbocycles. The third-order valence-corrected chi connectivity index (χ3v) is 3.50. The van der Waals surface area contributed by atoms with Crippen LogP contribution in [-0.4, -0.2) is 7.11 Å². The van der Waals surface area contributed by atoms with Gasteiger partial charge in [0.05, 0.1) is 13.2 Å². The van der Waals surface area contributed by atoms with Crippen LogP contribution < -0.4 is 16.0 Å². The highest BCUT2D eigenvalue weighted by Crippen LogP contribution is 2.29. The maximum absolute atomic E-state index is 5.55. The normalized spacial score (nSPS) is 12.7. The molecule has 0 fully saturated rings. The minimum atomic E-state index is 0.269. The van der Waals surface area contributed by atoms with Crippen LogP contribution in [0.5, 0.6) is 5.75 Å². The molecule has 0 spiro atoms. The Hall–Kier alpha value is -0.580. The van der Waals surface area contributed by atoms with Crippen molar-refractivity contribution in [2.45, 2.75) is 38.6 Å². The first-order chi connectivity index (χ1) is 7.31. The summed E-state index contributed by atoms with van der Waals surface area (Å²) in [6, 6.07) is 2.33. The molecule has 3 nitrogen and oxygen atoms in total. The fourth-order valence-corrected chi connectivity index (χ4v) is 2.48. The summed E-state index contributed by atoms with van der Waals surface area (Å²) < 4.78 is 5.16. The zero-order valence-electron chi connectivity index (χ0n) is 9.45. The van der Waals surface area contributed by atoms with Gasteiger partial charge in [0.1, 0.15) is 5.75 Å². The SMILES string of the molecule is CCCCCC(NN)c1cc(OC)cs1. The van der Waals surface area contributed by atoms with Crippen LogP contribution >= 0.6 is 11.3 Å². The molecule has 0 radical (unpaired) electrons. The van der Waals surface area contributed by atoms with Gasteiger partial charge < -0.3 is 4.74 Å². The van der Waals surface area contributed by atoms with E-state index in [4.69, 9.17) is 10.6 Å². The number of methoxy groups -OCH3 is 1. The van der Waals surface area contributed by atoms with Gasteiger partial charge in [0.2, 0.25) is 0 Å². The lowest BCUT2D eigenvalue weighted by Gasteiger charge is -2.13. The number of nitrogens with one attached hydrogen (secondary N) is 1. The van der Waals surface area contributed by atoms with Crippen LogP contribution in [0.2, 0.25) is 0 Å². The Morgan fingerprint density at radius 3 is 2.87 bits per heavy atom. The van der Waals surface area contributed by atoms with E-state index in [1.165, 1.54) is 24.1 Å². The minimum Gasteiger partial charge on any atom is -0.496 e. The van der Waals surface area contributed by atoms with Crippen LogP contribution in [0.15, 0.2) is 11.4 Å². The molecule has 1 unspecified atom stereocenters. The Balaban J connectivity index is 2.49. The zero-order chi connectivity index (χ0) is 11.1. The summed E-state index contributed by atoms with van der Waals surface area (Å²) >= 11 is 1.70. The van der Waals surface area contributed by atoms with Crippen LogP contribution in [0.1, 0.15) is 43.5 Å². The van der Waals surface area contributed by atoms with Crippen molar-refractivity contribution < 1.29 is 4.74 Å². The maximum atomic E-state index is 5.55. The molecule has 0 aliphatic rings. The van der Waals surface area contributed by atoms with E-state index in [1.807, 2.05) is 5.38 Å². The van der Waals surface area contributed by atoms with E-state index in [9.17, 15) is 0 Å². The molecule has 4 heteroatoms. The van der Waals surface area contributed by atoms with Gasteiger partial charge in [-0.15, -0.1) is 11.3 Å². The second-order valence-electron chi connectivity index (χ2n) is 3.60. The molecule has 1 heterocycles. The van der Waals surface area contributed by atoms with Gasteiger partial charge >= 0.3 is 0 Å². The van der Waals surface area contributed by atoms with Crippen molar-refractivity contribution in [3.05, 3.63) is 16.3 Å². The van der Waals surface area contributed by atoms with E-state index in [2.05, 4.69) is 18.4 Å². The lowest BCUT2D eigenvalue weighted by atomic mass is 10.1. The Labute approximate surface area is 95.6 Å². The van der Waals surface area contributed by atoms with Crippen LogP contribution in [0, 0.1) is 0 Å². The van der Waals surface area contributed by atoms with E-state index < -0.39 is 0 Å². The lowest BCUT2D eigenvalue weighted by molar-refractivity contribution is 0.415. The van der Waals surface area contributed by atoms with Crippen LogP contribution in [0.3, 0.4) is 0 Å².